The van der Waals surface area contributed by atoms with Crippen LogP contribution in [0.15, 0.2) is 24.3 Å². The summed E-state index contributed by atoms with van der Waals surface area (Å²) in [5.41, 5.74) is 7.09. The highest BCUT2D eigenvalue weighted by Crippen LogP contribution is 2.16. The number of carbonyl (C=O) groups is 1. The average molecular weight is 232 g/mol. The van der Waals surface area contributed by atoms with Crippen LogP contribution < -0.4 is 5.73 Å². The van der Waals surface area contributed by atoms with E-state index in [4.69, 9.17) is 5.73 Å². The van der Waals surface area contributed by atoms with Crippen LogP contribution in [0.5, 0.6) is 0 Å². The molecule has 3 nitrogen and oxygen atoms in total. The molecule has 92 valence electrons. The zero-order chi connectivity index (χ0) is 12.3. The Morgan fingerprint density at radius 1 is 1.18 bits per heavy atom. The predicted molar refractivity (Wildman–Crippen MR) is 70.1 cm³/mol. The molecule has 0 spiro atoms. The molecule has 1 aromatic carbocycles. The molecule has 2 N–H and O–H groups in total. The highest BCUT2D eigenvalue weighted by molar-refractivity contribution is 6.00. The molecule has 1 saturated heterocycles. The molecule has 1 fully saturated rings. The summed E-state index contributed by atoms with van der Waals surface area (Å²) in [4.78, 5) is 14.6. The fourth-order valence-corrected chi connectivity index (χ4v) is 2.36. The van der Waals surface area contributed by atoms with Crippen molar-refractivity contribution >= 4 is 11.5 Å². The largest absolute Gasteiger partial charge is 0.399 e. The van der Waals surface area contributed by atoms with Crippen molar-refractivity contribution in [3.8, 4) is 0 Å². The van der Waals surface area contributed by atoms with E-state index in [0.29, 0.717) is 5.69 Å². The zero-order valence-electron chi connectivity index (χ0n) is 10.4. The fourth-order valence-electron chi connectivity index (χ4n) is 2.36. The molecule has 1 aromatic rings. The first-order valence-corrected chi connectivity index (χ1v) is 6.32. The first kappa shape index (κ1) is 12.1. The number of hydrogen-bond donors (Lipinski definition) is 1. The summed E-state index contributed by atoms with van der Waals surface area (Å²) >= 11 is 0. The Balaban J connectivity index is 2.05. The van der Waals surface area contributed by atoms with Crippen LogP contribution in [0.1, 0.15) is 36.5 Å². The smallest absolute Gasteiger partial charge is 0.179 e. The van der Waals surface area contributed by atoms with Crippen molar-refractivity contribution < 1.29 is 4.79 Å². The zero-order valence-corrected chi connectivity index (χ0v) is 10.4. The average Bonchev–Trinajstić information content (AvgIpc) is 2.39. The highest BCUT2D eigenvalue weighted by atomic mass is 16.1. The number of hydrogen-bond acceptors (Lipinski definition) is 3. The van der Waals surface area contributed by atoms with E-state index in [2.05, 4.69) is 4.90 Å². The number of nitrogens with zero attached hydrogens (tertiary/aromatic N) is 1. The number of anilines is 1. The molecule has 1 atom stereocenters. The van der Waals surface area contributed by atoms with Crippen LogP contribution in [0.4, 0.5) is 5.69 Å². The Hall–Kier alpha value is -1.35. The topological polar surface area (TPSA) is 46.3 Å². The van der Waals surface area contributed by atoms with Crippen LogP contribution in [-0.2, 0) is 0 Å². The number of rotatable bonds is 3. The van der Waals surface area contributed by atoms with Crippen molar-refractivity contribution in [2.75, 3.05) is 18.8 Å². The minimum atomic E-state index is -0.0149. The summed E-state index contributed by atoms with van der Waals surface area (Å²) in [5.74, 6) is 0.201. The number of nitrogens with two attached hydrogens (primary N) is 1. The lowest BCUT2D eigenvalue weighted by Gasteiger charge is -2.31. The Morgan fingerprint density at radius 2 is 1.76 bits per heavy atom. The van der Waals surface area contributed by atoms with Crippen LogP contribution in [0.25, 0.3) is 0 Å². The normalized spacial score (nSPS) is 18.9. The lowest BCUT2D eigenvalue weighted by atomic mass is 10.0. The number of nitrogen functional groups attached to an aromatic ring is 1. The molecule has 17 heavy (non-hydrogen) atoms. The van der Waals surface area contributed by atoms with Gasteiger partial charge in [0.2, 0.25) is 0 Å². The van der Waals surface area contributed by atoms with Gasteiger partial charge in [0.15, 0.2) is 5.78 Å². The molecule has 2 rings (SSSR count). The van der Waals surface area contributed by atoms with Crippen molar-refractivity contribution in [1.82, 2.24) is 4.90 Å². The van der Waals surface area contributed by atoms with E-state index in [1.54, 1.807) is 12.1 Å². The maximum Gasteiger partial charge on any atom is 0.179 e. The van der Waals surface area contributed by atoms with Gasteiger partial charge in [-0.2, -0.15) is 0 Å². The molecule has 0 saturated carbocycles. The molecule has 0 bridgehead atoms. The minimum absolute atomic E-state index is 0.0149. The van der Waals surface area contributed by atoms with E-state index in [1.165, 1.54) is 19.3 Å². The van der Waals surface area contributed by atoms with Gasteiger partial charge in [-0.05, 0) is 57.1 Å². The highest BCUT2D eigenvalue weighted by Gasteiger charge is 2.23. The van der Waals surface area contributed by atoms with E-state index in [1.807, 2.05) is 19.1 Å². The molecule has 0 amide bonds. The Labute approximate surface area is 103 Å². The Morgan fingerprint density at radius 3 is 2.35 bits per heavy atom. The quantitative estimate of drug-likeness (QED) is 0.642. The van der Waals surface area contributed by atoms with Crippen LogP contribution in [-0.4, -0.2) is 29.8 Å². The summed E-state index contributed by atoms with van der Waals surface area (Å²) in [7, 11) is 0. The monoisotopic (exact) mass is 232 g/mol. The van der Waals surface area contributed by atoms with Gasteiger partial charge in [-0.25, -0.2) is 0 Å². The third-order valence-corrected chi connectivity index (χ3v) is 3.51. The number of benzene rings is 1. The third kappa shape index (κ3) is 2.86. The third-order valence-electron chi connectivity index (χ3n) is 3.51. The Kier molecular flexibility index (Phi) is 3.79. The molecular weight excluding hydrogens is 212 g/mol. The van der Waals surface area contributed by atoms with Gasteiger partial charge in [0.1, 0.15) is 0 Å². The molecule has 1 aliphatic heterocycles. The van der Waals surface area contributed by atoms with Gasteiger partial charge in [-0.15, -0.1) is 0 Å². The van der Waals surface area contributed by atoms with Gasteiger partial charge >= 0.3 is 0 Å². The minimum Gasteiger partial charge on any atom is -0.399 e. The summed E-state index contributed by atoms with van der Waals surface area (Å²) in [6, 6.07) is 7.20. The Bertz CT molecular complexity index is 380. The number of ketones is 1. The number of likely N-dealkylation sites (tertiary alicyclic amines) is 1. The van der Waals surface area contributed by atoms with Crippen molar-refractivity contribution in [2.45, 2.75) is 32.2 Å². The SMILES string of the molecule is CC(C(=O)c1ccc(N)cc1)N1CCCCC1. The van der Waals surface area contributed by atoms with E-state index < -0.39 is 0 Å². The second-order valence-electron chi connectivity index (χ2n) is 4.76. The lowest BCUT2D eigenvalue weighted by Crippen LogP contribution is -2.42. The second kappa shape index (κ2) is 5.32. The second-order valence-corrected chi connectivity index (χ2v) is 4.76. The van der Waals surface area contributed by atoms with Crippen molar-refractivity contribution in [3.63, 3.8) is 0 Å². The van der Waals surface area contributed by atoms with Crippen LogP contribution in [0.2, 0.25) is 0 Å². The molecular formula is C14H20N2O. The van der Waals surface area contributed by atoms with Crippen LogP contribution >= 0.6 is 0 Å². The first-order chi connectivity index (χ1) is 8.18. The van der Waals surface area contributed by atoms with Gasteiger partial charge < -0.3 is 5.73 Å². The predicted octanol–water partition coefficient (Wildman–Crippen LogP) is 2.33. The van der Waals surface area contributed by atoms with E-state index >= 15 is 0 Å². The summed E-state index contributed by atoms with van der Waals surface area (Å²) < 4.78 is 0. The fraction of sp³-hybridized carbons (Fsp3) is 0.500. The maximum atomic E-state index is 12.3. The molecule has 1 aliphatic rings. The first-order valence-electron chi connectivity index (χ1n) is 6.32. The summed E-state index contributed by atoms with van der Waals surface area (Å²) in [6.07, 6.45) is 3.71. The van der Waals surface area contributed by atoms with Gasteiger partial charge in [-0.1, -0.05) is 6.42 Å². The molecule has 0 aliphatic carbocycles. The van der Waals surface area contributed by atoms with Gasteiger partial charge in [0, 0.05) is 11.3 Å². The molecule has 0 aromatic heterocycles. The van der Waals surface area contributed by atoms with Crippen LogP contribution in [0, 0.1) is 0 Å². The van der Waals surface area contributed by atoms with Gasteiger partial charge in [-0.3, -0.25) is 9.69 Å². The van der Waals surface area contributed by atoms with Crippen molar-refractivity contribution in [2.24, 2.45) is 0 Å². The molecule has 1 unspecified atom stereocenters. The van der Waals surface area contributed by atoms with E-state index in [-0.39, 0.29) is 11.8 Å². The number of piperidine rings is 1. The standard InChI is InChI=1S/C14H20N2O/c1-11(16-9-3-2-4-10-16)14(17)12-5-7-13(15)8-6-12/h5-8,11H,2-4,9-10,15H2,1H3. The maximum absolute atomic E-state index is 12.3. The lowest BCUT2D eigenvalue weighted by molar-refractivity contribution is 0.0809. The molecule has 3 heteroatoms. The van der Waals surface area contributed by atoms with Crippen molar-refractivity contribution in [3.05, 3.63) is 29.8 Å². The number of carbonyl (C=O) groups excluding carboxylic acids is 1. The number of Topliss-reactive ketones (excluding diaryl/α,β-unsaturated/α-hetero) is 1. The summed E-state index contributed by atoms with van der Waals surface area (Å²) in [5, 5.41) is 0. The summed E-state index contributed by atoms with van der Waals surface area (Å²) in [6.45, 7) is 4.09. The van der Waals surface area contributed by atoms with Crippen molar-refractivity contribution in [1.29, 1.82) is 0 Å². The van der Waals surface area contributed by atoms with E-state index in [0.717, 1.165) is 18.7 Å². The molecule has 0 radical (unpaired) electrons. The van der Waals surface area contributed by atoms with Gasteiger partial charge in [0.05, 0.1) is 6.04 Å². The molecule has 1 heterocycles. The van der Waals surface area contributed by atoms with Crippen LogP contribution in [0.3, 0.4) is 0 Å². The van der Waals surface area contributed by atoms with Gasteiger partial charge in [0.25, 0.3) is 0 Å². The van der Waals surface area contributed by atoms with E-state index in [9.17, 15) is 4.79 Å².